The number of carbonyl (C=O) groups excluding carboxylic acids is 1. The molecule has 0 saturated carbocycles. The zero-order valence-corrected chi connectivity index (χ0v) is 9.68. The van der Waals surface area contributed by atoms with E-state index in [1.54, 1.807) is 0 Å². The molecule has 3 atom stereocenters. The summed E-state index contributed by atoms with van der Waals surface area (Å²) in [7, 11) is 0. The van der Waals surface area contributed by atoms with Crippen LogP contribution in [0.4, 0.5) is 4.79 Å². The van der Waals surface area contributed by atoms with Crippen LogP contribution >= 0.6 is 0 Å². The van der Waals surface area contributed by atoms with Crippen LogP contribution in [-0.2, 0) is 9.53 Å². The van der Waals surface area contributed by atoms with Crippen molar-refractivity contribution >= 4 is 12.0 Å². The molecule has 1 fully saturated rings. The number of amides is 2. The molecule has 0 aromatic heterocycles. The largest absolute Gasteiger partial charge is 0.480 e. The fourth-order valence-corrected chi connectivity index (χ4v) is 1.66. The van der Waals surface area contributed by atoms with Crippen LogP contribution in [0.5, 0.6) is 0 Å². The fourth-order valence-electron chi connectivity index (χ4n) is 1.66. The molecular formula is C10H18N2O5. The van der Waals surface area contributed by atoms with Crippen LogP contribution in [0.3, 0.4) is 0 Å². The zero-order chi connectivity index (χ0) is 12.8. The lowest BCUT2D eigenvalue weighted by molar-refractivity contribution is -0.140. The molecule has 1 aliphatic heterocycles. The summed E-state index contributed by atoms with van der Waals surface area (Å²) >= 11 is 0. The number of aliphatic hydroxyl groups excluding tert-OH is 1. The second-order valence-corrected chi connectivity index (χ2v) is 4.05. The summed E-state index contributed by atoms with van der Waals surface area (Å²) in [6.45, 7) is 2.42. The summed E-state index contributed by atoms with van der Waals surface area (Å²) in [5.74, 6) is -1.02. The van der Waals surface area contributed by atoms with E-state index in [1.807, 2.05) is 6.92 Å². The van der Waals surface area contributed by atoms with Gasteiger partial charge in [-0.3, -0.25) is 0 Å². The molecule has 7 nitrogen and oxygen atoms in total. The predicted octanol–water partition coefficient (Wildman–Crippen LogP) is -0.844. The molecule has 0 bridgehead atoms. The Morgan fingerprint density at radius 3 is 2.71 bits per heavy atom. The zero-order valence-electron chi connectivity index (χ0n) is 9.68. The Kier molecular flexibility index (Phi) is 5.17. The van der Waals surface area contributed by atoms with Gasteiger partial charge in [-0.1, -0.05) is 0 Å². The van der Waals surface area contributed by atoms with Gasteiger partial charge in [-0.15, -0.1) is 0 Å². The number of carbonyl (C=O) groups is 2. The number of aliphatic carboxylic acids is 1. The lowest BCUT2D eigenvalue weighted by atomic mass is 10.0. The number of hydrogen-bond donors (Lipinski definition) is 4. The van der Waals surface area contributed by atoms with Gasteiger partial charge in [-0.05, 0) is 13.3 Å². The molecule has 0 spiro atoms. The summed E-state index contributed by atoms with van der Waals surface area (Å²) in [4.78, 5) is 21.9. The van der Waals surface area contributed by atoms with Gasteiger partial charge in [0.15, 0.2) is 6.04 Å². The lowest BCUT2D eigenvalue weighted by Gasteiger charge is -2.16. The normalized spacial score (nSPS) is 25.3. The summed E-state index contributed by atoms with van der Waals surface area (Å²) in [5, 5.41) is 22.1. The first-order chi connectivity index (χ1) is 8.04. The first kappa shape index (κ1) is 13.7. The van der Waals surface area contributed by atoms with Crippen LogP contribution in [0.1, 0.15) is 13.3 Å². The molecule has 1 rings (SSSR count). The number of hydrogen-bond acceptors (Lipinski definition) is 4. The summed E-state index contributed by atoms with van der Waals surface area (Å²) < 4.78 is 5.33. The number of aliphatic hydroxyl groups is 1. The average molecular weight is 246 g/mol. The van der Waals surface area contributed by atoms with E-state index in [0.717, 1.165) is 6.42 Å². The van der Waals surface area contributed by atoms with Gasteiger partial charge >= 0.3 is 12.0 Å². The Balaban J connectivity index is 2.27. The number of urea groups is 1. The number of rotatable bonds is 5. The van der Waals surface area contributed by atoms with Crippen molar-refractivity contribution in [2.75, 3.05) is 19.8 Å². The highest BCUT2D eigenvalue weighted by Crippen LogP contribution is 2.19. The maximum absolute atomic E-state index is 11.3. The maximum atomic E-state index is 11.3. The molecule has 0 aliphatic carbocycles. The molecule has 98 valence electrons. The molecule has 7 heteroatoms. The third-order valence-electron chi connectivity index (χ3n) is 2.84. The summed E-state index contributed by atoms with van der Waals surface area (Å²) in [5.41, 5.74) is 0. The van der Waals surface area contributed by atoms with Crippen molar-refractivity contribution in [1.29, 1.82) is 0 Å². The minimum Gasteiger partial charge on any atom is -0.480 e. The molecule has 1 saturated heterocycles. The Morgan fingerprint density at radius 1 is 1.53 bits per heavy atom. The standard InChI is InChI=1S/C10H18N2O5/c1-6-7(2-3-17-6)4-11-10(16)12-8(5-13)9(14)15/h6-8,13H,2-5H2,1H3,(H,14,15)(H2,11,12,16)/t6?,7?,8-/m1/s1. The molecule has 2 unspecified atom stereocenters. The topological polar surface area (TPSA) is 108 Å². The Hall–Kier alpha value is -1.34. The monoisotopic (exact) mass is 246 g/mol. The van der Waals surface area contributed by atoms with Gasteiger partial charge in [0.25, 0.3) is 0 Å². The maximum Gasteiger partial charge on any atom is 0.328 e. The highest BCUT2D eigenvalue weighted by atomic mass is 16.5. The first-order valence-electron chi connectivity index (χ1n) is 5.54. The van der Waals surface area contributed by atoms with E-state index in [4.69, 9.17) is 14.9 Å². The van der Waals surface area contributed by atoms with Crippen molar-refractivity contribution in [1.82, 2.24) is 10.6 Å². The van der Waals surface area contributed by atoms with E-state index >= 15 is 0 Å². The van der Waals surface area contributed by atoms with E-state index in [2.05, 4.69) is 10.6 Å². The van der Waals surface area contributed by atoms with Gasteiger partial charge in [-0.25, -0.2) is 9.59 Å². The van der Waals surface area contributed by atoms with Crippen molar-refractivity contribution in [3.63, 3.8) is 0 Å². The van der Waals surface area contributed by atoms with Crippen molar-refractivity contribution < 1.29 is 24.5 Å². The fraction of sp³-hybridized carbons (Fsp3) is 0.800. The molecule has 0 aromatic rings. The quantitative estimate of drug-likeness (QED) is 0.505. The molecule has 17 heavy (non-hydrogen) atoms. The number of ether oxygens (including phenoxy) is 1. The third kappa shape index (κ3) is 4.20. The van der Waals surface area contributed by atoms with Gasteiger partial charge in [0.05, 0.1) is 12.7 Å². The highest BCUT2D eigenvalue weighted by Gasteiger charge is 2.25. The van der Waals surface area contributed by atoms with E-state index in [9.17, 15) is 9.59 Å². The minimum atomic E-state index is -1.27. The first-order valence-corrected chi connectivity index (χ1v) is 5.54. The average Bonchev–Trinajstić information content (AvgIpc) is 2.68. The SMILES string of the molecule is CC1OCCC1CNC(=O)N[C@H](CO)C(=O)O. The van der Waals surface area contributed by atoms with Gasteiger partial charge in [-0.2, -0.15) is 0 Å². The van der Waals surface area contributed by atoms with Crippen molar-refractivity contribution in [2.24, 2.45) is 5.92 Å². The van der Waals surface area contributed by atoms with Crippen LogP contribution in [0.2, 0.25) is 0 Å². The Labute approximate surface area is 99.1 Å². The number of nitrogens with one attached hydrogen (secondary N) is 2. The number of carboxylic acids is 1. The minimum absolute atomic E-state index is 0.100. The highest BCUT2D eigenvalue weighted by molar-refractivity contribution is 5.82. The van der Waals surface area contributed by atoms with E-state index in [0.29, 0.717) is 13.2 Å². The van der Waals surface area contributed by atoms with Gasteiger partial charge < -0.3 is 25.6 Å². The second-order valence-electron chi connectivity index (χ2n) is 4.05. The van der Waals surface area contributed by atoms with Crippen LogP contribution in [0, 0.1) is 5.92 Å². The summed E-state index contributed by atoms with van der Waals surface area (Å²) in [6.07, 6.45) is 0.979. The van der Waals surface area contributed by atoms with Crippen molar-refractivity contribution in [3.05, 3.63) is 0 Å². The molecule has 0 aromatic carbocycles. The van der Waals surface area contributed by atoms with Gasteiger partial charge in [0.2, 0.25) is 0 Å². The Bertz CT molecular complexity index is 284. The van der Waals surface area contributed by atoms with E-state index in [-0.39, 0.29) is 12.0 Å². The molecule has 4 N–H and O–H groups in total. The van der Waals surface area contributed by atoms with Crippen LogP contribution < -0.4 is 10.6 Å². The number of carboxylic acid groups (broad SMARTS) is 1. The van der Waals surface area contributed by atoms with Crippen molar-refractivity contribution in [3.8, 4) is 0 Å². The van der Waals surface area contributed by atoms with Gasteiger partial charge in [0, 0.05) is 19.1 Å². The molecule has 1 aliphatic rings. The summed E-state index contributed by atoms with van der Waals surface area (Å²) in [6, 6.07) is -1.86. The molecule has 2 amide bonds. The van der Waals surface area contributed by atoms with Crippen LogP contribution in [0.25, 0.3) is 0 Å². The second kappa shape index (κ2) is 6.41. The smallest absolute Gasteiger partial charge is 0.328 e. The third-order valence-corrected chi connectivity index (χ3v) is 2.84. The Morgan fingerprint density at radius 2 is 2.24 bits per heavy atom. The van der Waals surface area contributed by atoms with E-state index < -0.39 is 24.6 Å². The lowest BCUT2D eigenvalue weighted by Crippen LogP contribution is -2.49. The van der Waals surface area contributed by atoms with Gasteiger partial charge in [0.1, 0.15) is 0 Å². The van der Waals surface area contributed by atoms with Crippen LogP contribution in [-0.4, -0.2) is 54.1 Å². The molecule has 0 radical (unpaired) electrons. The molecule has 1 heterocycles. The van der Waals surface area contributed by atoms with Crippen LogP contribution in [0.15, 0.2) is 0 Å². The van der Waals surface area contributed by atoms with Crippen molar-refractivity contribution in [2.45, 2.75) is 25.5 Å². The molecular weight excluding hydrogens is 228 g/mol. The predicted molar refractivity (Wildman–Crippen MR) is 58.6 cm³/mol. The van der Waals surface area contributed by atoms with E-state index in [1.165, 1.54) is 0 Å².